The summed E-state index contributed by atoms with van der Waals surface area (Å²) in [5.74, 6) is 1.42. The third-order valence-electron chi connectivity index (χ3n) is 1.60. The van der Waals surface area contributed by atoms with Crippen molar-refractivity contribution in [2.45, 2.75) is 19.4 Å². The minimum Gasteiger partial charge on any atom is -0.343 e. The van der Waals surface area contributed by atoms with E-state index < -0.39 is 0 Å². The van der Waals surface area contributed by atoms with Crippen LogP contribution in [0.2, 0.25) is 0 Å². The topological polar surface area (TPSA) is 104 Å². The van der Waals surface area contributed by atoms with Gasteiger partial charge in [0.25, 0.3) is 0 Å². The average molecular weight is 195 g/mol. The van der Waals surface area contributed by atoms with Crippen molar-refractivity contribution in [3.05, 3.63) is 23.9 Å². The first-order valence-electron chi connectivity index (χ1n) is 4.09. The third-order valence-corrected chi connectivity index (χ3v) is 1.60. The zero-order valence-corrected chi connectivity index (χ0v) is 7.54. The molecule has 0 aliphatic heterocycles. The van der Waals surface area contributed by atoms with E-state index in [0.717, 1.165) is 0 Å². The highest BCUT2D eigenvalue weighted by atomic mass is 16.5. The van der Waals surface area contributed by atoms with E-state index >= 15 is 0 Å². The number of nitrogens with two attached hydrogens (primary N) is 1. The van der Waals surface area contributed by atoms with Gasteiger partial charge in [0.15, 0.2) is 11.6 Å². The molecule has 0 spiro atoms. The van der Waals surface area contributed by atoms with Crippen molar-refractivity contribution in [1.29, 1.82) is 0 Å². The molecule has 0 bridgehead atoms. The quantitative estimate of drug-likeness (QED) is 0.738. The lowest BCUT2D eigenvalue weighted by atomic mass is 10.3. The van der Waals surface area contributed by atoms with Crippen LogP contribution < -0.4 is 5.73 Å². The Balaban J connectivity index is 2.11. The summed E-state index contributed by atoms with van der Waals surface area (Å²) in [5, 5.41) is 7.35. The molecule has 0 radical (unpaired) electrons. The van der Waals surface area contributed by atoms with E-state index in [0.29, 0.717) is 24.0 Å². The summed E-state index contributed by atoms with van der Waals surface area (Å²) >= 11 is 0. The van der Waals surface area contributed by atoms with Crippen LogP contribution in [0.5, 0.6) is 0 Å². The normalized spacial score (nSPS) is 13.0. The highest BCUT2D eigenvalue weighted by molar-refractivity contribution is 4.97. The highest BCUT2D eigenvalue weighted by Gasteiger charge is 2.11. The van der Waals surface area contributed by atoms with Crippen LogP contribution in [-0.4, -0.2) is 20.3 Å². The first kappa shape index (κ1) is 8.82. The first-order valence-corrected chi connectivity index (χ1v) is 4.09. The lowest BCUT2D eigenvalue weighted by Crippen LogP contribution is -2.05. The van der Waals surface area contributed by atoms with Gasteiger partial charge in [-0.3, -0.25) is 0 Å². The van der Waals surface area contributed by atoms with Gasteiger partial charge in [0.2, 0.25) is 12.3 Å². The summed E-state index contributed by atoms with van der Waals surface area (Å²) in [5.41, 5.74) is 5.55. The standard InChI is InChI=1S/C7H9N5O2/c1-4(8)7-10-6(12-14-7)2-5-9-3-13-11-5/h3-4H,2,8H2,1H3/t4-/m0/s1. The highest BCUT2D eigenvalue weighted by Crippen LogP contribution is 2.07. The van der Waals surface area contributed by atoms with Crippen LogP contribution in [0.15, 0.2) is 15.4 Å². The predicted octanol–water partition coefficient (Wildman–Crippen LogP) is 0.0631. The summed E-state index contributed by atoms with van der Waals surface area (Å²) in [6, 6.07) is -0.262. The van der Waals surface area contributed by atoms with Gasteiger partial charge in [-0.15, -0.1) is 0 Å². The number of aromatic nitrogens is 4. The van der Waals surface area contributed by atoms with Gasteiger partial charge in [-0.1, -0.05) is 10.3 Å². The Labute approximate surface area is 79.3 Å². The summed E-state index contributed by atoms with van der Waals surface area (Å²) in [6.07, 6.45) is 1.63. The fourth-order valence-corrected chi connectivity index (χ4v) is 0.936. The fourth-order valence-electron chi connectivity index (χ4n) is 0.936. The largest absolute Gasteiger partial charge is 0.343 e. The van der Waals surface area contributed by atoms with E-state index in [4.69, 9.17) is 10.3 Å². The molecular formula is C7H9N5O2. The molecule has 0 amide bonds. The molecule has 0 fully saturated rings. The monoisotopic (exact) mass is 195 g/mol. The van der Waals surface area contributed by atoms with E-state index in [2.05, 4.69) is 24.8 Å². The Morgan fingerprint density at radius 1 is 1.43 bits per heavy atom. The average Bonchev–Trinajstić information content (AvgIpc) is 2.75. The molecule has 0 aliphatic carbocycles. The molecule has 2 aromatic rings. The molecule has 2 heterocycles. The molecule has 0 aliphatic rings. The Morgan fingerprint density at radius 3 is 2.86 bits per heavy atom. The van der Waals surface area contributed by atoms with Crippen molar-refractivity contribution in [3.63, 3.8) is 0 Å². The van der Waals surface area contributed by atoms with Crippen molar-refractivity contribution in [2.75, 3.05) is 0 Å². The number of nitrogens with zero attached hydrogens (tertiary/aromatic N) is 4. The maximum Gasteiger partial charge on any atom is 0.243 e. The van der Waals surface area contributed by atoms with E-state index in [9.17, 15) is 0 Å². The van der Waals surface area contributed by atoms with Crippen LogP contribution >= 0.6 is 0 Å². The van der Waals surface area contributed by atoms with E-state index in [1.54, 1.807) is 6.92 Å². The van der Waals surface area contributed by atoms with Gasteiger partial charge in [0.05, 0.1) is 12.5 Å². The third kappa shape index (κ3) is 1.77. The number of rotatable bonds is 3. The minimum absolute atomic E-state index is 0.262. The van der Waals surface area contributed by atoms with E-state index in [-0.39, 0.29) is 6.04 Å². The van der Waals surface area contributed by atoms with Gasteiger partial charge in [0.1, 0.15) is 0 Å². The fraction of sp³-hybridized carbons (Fsp3) is 0.429. The van der Waals surface area contributed by atoms with Crippen molar-refractivity contribution >= 4 is 0 Å². The Kier molecular flexibility index (Phi) is 2.23. The Bertz CT molecular complexity index is 394. The maximum atomic E-state index is 5.55. The predicted molar refractivity (Wildman–Crippen MR) is 44.0 cm³/mol. The number of hydrogen-bond acceptors (Lipinski definition) is 7. The number of hydrogen-bond donors (Lipinski definition) is 1. The molecule has 14 heavy (non-hydrogen) atoms. The van der Waals surface area contributed by atoms with Crippen LogP contribution in [0.4, 0.5) is 0 Å². The molecule has 0 aromatic carbocycles. The van der Waals surface area contributed by atoms with E-state index in [1.807, 2.05) is 0 Å². The second kappa shape index (κ2) is 3.54. The zero-order valence-electron chi connectivity index (χ0n) is 7.54. The summed E-state index contributed by atoms with van der Waals surface area (Å²) < 4.78 is 9.47. The first-order chi connectivity index (χ1) is 6.75. The lowest BCUT2D eigenvalue weighted by Gasteiger charge is -1.92. The van der Waals surface area contributed by atoms with Crippen LogP contribution in [0, 0.1) is 0 Å². The van der Waals surface area contributed by atoms with Crippen LogP contribution in [-0.2, 0) is 6.42 Å². The molecule has 2 aromatic heterocycles. The molecule has 0 saturated heterocycles. The zero-order chi connectivity index (χ0) is 9.97. The molecule has 2 N–H and O–H groups in total. The Morgan fingerprint density at radius 2 is 2.29 bits per heavy atom. The van der Waals surface area contributed by atoms with Gasteiger partial charge in [0, 0.05) is 0 Å². The van der Waals surface area contributed by atoms with Gasteiger partial charge < -0.3 is 14.8 Å². The van der Waals surface area contributed by atoms with E-state index in [1.165, 1.54) is 6.39 Å². The SMILES string of the molecule is C[C@H](N)c1nc(Cc2ncon2)no1. The molecule has 0 saturated carbocycles. The summed E-state index contributed by atoms with van der Waals surface area (Å²) in [7, 11) is 0. The Hall–Kier alpha value is -1.76. The van der Waals surface area contributed by atoms with Crippen LogP contribution in [0.25, 0.3) is 0 Å². The second-order valence-corrected chi connectivity index (χ2v) is 2.86. The molecule has 2 rings (SSSR count). The van der Waals surface area contributed by atoms with Gasteiger partial charge >= 0.3 is 0 Å². The van der Waals surface area contributed by atoms with Crippen molar-refractivity contribution < 1.29 is 9.05 Å². The molecular weight excluding hydrogens is 186 g/mol. The summed E-state index contributed by atoms with van der Waals surface area (Å²) in [6.45, 7) is 1.77. The van der Waals surface area contributed by atoms with Crippen LogP contribution in [0.3, 0.4) is 0 Å². The minimum atomic E-state index is -0.262. The molecule has 74 valence electrons. The maximum absolute atomic E-state index is 5.55. The second-order valence-electron chi connectivity index (χ2n) is 2.86. The van der Waals surface area contributed by atoms with Crippen LogP contribution in [0.1, 0.15) is 30.5 Å². The molecule has 7 heteroatoms. The molecule has 1 atom stereocenters. The molecule has 0 unspecified atom stereocenters. The van der Waals surface area contributed by atoms with Gasteiger partial charge in [-0.05, 0) is 6.92 Å². The van der Waals surface area contributed by atoms with Gasteiger partial charge in [-0.25, -0.2) is 0 Å². The van der Waals surface area contributed by atoms with Gasteiger partial charge in [-0.2, -0.15) is 9.97 Å². The molecule has 7 nitrogen and oxygen atoms in total. The van der Waals surface area contributed by atoms with Crippen molar-refractivity contribution in [1.82, 2.24) is 20.3 Å². The summed E-state index contributed by atoms with van der Waals surface area (Å²) in [4.78, 5) is 7.90. The van der Waals surface area contributed by atoms with Crippen molar-refractivity contribution in [2.24, 2.45) is 5.73 Å². The lowest BCUT2D eigenvalue weighted by molar-refractivity contribution is 0.357. The smallest absolute Gasteiger partial charge is 0.243 e. The van der Waals surface area contributed by atoms with Crippen molar-refractivity contribution in [3.8, 4) is 0 Å².